The highest BCUT2D eigenvalue weighted by molar-refractivity contribution is 5.19. The normalized spacial score (nSPS) is 29.4. The number of allylic oxidation sites excluding steroid dienone is 1. The van der Waals surface area contributed by atoms with Crippen LogP contribution in [-0.4, -0.2) is 12.6 Å². The van der Waals surface area contributed by atoms with Gasteiger partial charge in [0.25, 0.3) is 0 Å². The molecule has 0 aromatic rings. The maximum absolute atomic E-state index is 3.82. The fourth-order valence-corrected chi connectivity index (χ4v) is 3.23. The summed E-state index contributed by atoms with van der Waals surface area (Å²) < 4.78 is 0. The molecule has 1 saturated carbocycles. The van der Waals surface area contributed by atoms with E-state index in [1.807, 2.05) is 0 Å². The number of hydrogen-bond donors (Lipinski definition) is 1. The standard InChI is InChI=1S/C16H29N/c1-4-11-17-15(14-12-16(14,2)3)13-9-7-5-6-8-10-13/h9,14-15,17H,4-8,10-12H2,1-3H3. The van der Waals surface area contributed by atoms with E-state index >= 15 is 0 Å². The van der Waals surface area contributed by atoms with Gasteiger partial charge < -0.3 is 5.32 Å². The van der Waals surface area contributed by atoms with Crippen LogP contribution in [0.15, 0.2) is 11.6 Å². The molecule has 2 aliphatic carbocycles. The number of rotatable bonds is 5. The van der Waals surface area contributed by atoms with E-state index in [1.54, 1.807) is 5.57 Å². The van der Waals surface area contributed by atoms with E-state index in [0.29, 0.717) is 11.5 Å². The zero-order valence-electron chi connectivity index (χ0n) is 11.9. The molecule has 0 heterocycles. The molecule has 2 atom stereocenters. The first-order chi connectivity index (χ1) is 8.15. The van der Waals surface area contributed by atoms with Gasteiger partial charge in [-0.25, -0.2) is 0 Å². The molecule has 98 valence electrons. The van der Waals surface area contributed by atoms with Gasteiger partial charge in [-0.15, -0.1) is 0 Å². The van der Waals surface area contributed by atoms with Gasteiger partial charge in [-0.2, -0.15) is 0 Å². The van der Waals surface area contributed by atoms with Gasteiger partial charge in [-0.1, -0.05) is 38.8 Å². The predicted molar refractivity (Wildman–Crippen MR) is 75.1 cm³/mol. The summed E-state index contributed by atoms with van der Waals surface area (Å²) in [4.78, 5) is 0. The van der Waals surface area contributed by atoms with Crippen LogP contribution in [0.25, 0.3) is 0 Å². The molecular formula is C16H29N. The summed E-state index contributed by atoms with van der Waals surface area (Å²) in [5.41, 5.74) is 2.31. The van der Waals surface area contributed by atoms with Crippen molar-refractivity contribution in [3.63, 3.8) is 0 Å². The summed E-state index contributed by atoms with van der Waals surface area (Å²) in [7, 11) is 0. The highest BCUT2D eigenvalue weighted by Crippen LogP contribution is 2.55. The maximum atomic E-state index is 3.82. The Balaban J connectivity index is 2.01. The van der Waals surface area contributed by atoms with Gasteiger partial charge in [-0.05, 0) is 56.4 Å². The predicted octanol–water partition coefficient (Wildman–Crippen LogP) is 4.29. The molecule has 0 saturated heterocycles. The van der Waals surface area contributed by atoms with E-state index in [2.05, 4.69) is 32.2 Å². The third kappa shape index (κ3) is 3.34. The lowest BCUT2D eigenvalue weighted by atomic mass is 9.93. The largest absolute Gasteiger partial charge is 0.310 e. The SMILES string of the molecule is CCCNC(C1=CCCCCC1)C1CC1(C)C. The summed E-state index contributed by atoms with van der Waals surface area (Å²) in [6.07, 6.45) is 12.1. The van der Waals surface area contributed by atoms with Crippen LogP contribution in [0.5, 0.6) is 0 Å². The average Bonchev–Trinajstić information content (AvgIpc) is 2.99. The minimum atomic E-state index is 0.582. The molecule has 1 nitrogen and oxygen atoms in total. The van der Waals surface area contributed by atoms with Gasteiger partial charge in [0.2, 0.25) is 0 Å². The third-order valence-electron chi connectivity index (χ3n) is 4.58. The Morgan fingerprint density at radius 3 is 2.76 bits per heavy atom. The van der Waals surface area contributed by atoms with Gasteiger partial charge in [0.1, 0.15) is 0 Å². The van der Waals surface area contributed by atoms with Crippen molar-refractivity contribution >= 4 is 0 Å². The number of hydrogen-bond acceptors (Lipinski definition) is 1. The topological polar surface area (TPSA) is 12.0 Å². The summed E-state index contributed by atoms with van der Waals surface area (Å²) in [5, 5.41) is 3.82. The van der Waals surface area contributed by atoms with Crippen molar-refractivity contribution in [2.45, 2.75) is 71.8 Å². The highest BCUT2D eigenvalue weighted by atomic mass is 14.9. The van der Waals surface area contributed by atoms with Gasteiger partial charge in [0.05, 0.1) is 0 Å². The lowest BCUT2D eigenvalue weighted by Gasteiger charge is -2.23. The Kier molecular flexibility index (Phi) is 4.30. The summed E-state index contributed by atoms with van der Waals surface area (Å²) in [5.74, 6) is 0.887. The van der Waals surface area contributed by atoms with Crippen LogP contribution in [-0.2, 0) is 0 Å². The summed E-state index contributed by atoms with van der Waals surface area (Å²) >= 11 is 0. The molecule has 0 aliphatic heterocycles. The second-order valence-corrected chi connectivity index (χ2v) is 6.61. The van der Waals surface area contributed by atoms with E-state index < -0.39 is 0 Å². The fraction of sp³-hybridized carbons (Fsp3) is 0.875. The Morgan fingerprint density at radius 1 is 1.35 bits per heavy atom. The molecule has 2 aliphatic rings. The minimum absolute atomic E-state index is 0.582. The van der Waals surface area contributed by atoms with Crippen molar-refractivity contribution < 1.29 is 0 Å². The van der Waals surface area contributed by atoms with Gasteiger partial charge in [0, 0.05) is 6.04 Å². The molecule has 1 N–H and O–H groups in total. The zero-order valence-corrected chi connectivity index (χ0v) is 11.9. The van der Waals surface area contributed by atoms with Crippen molar-refractivity contribution in [2.75, 3.05) is 6.54 Å². The Morgan fingerprint density at radius 2 is 2.12 bits per heavy atom. The maximum Gasteiger partial charge on any atom is 0.0313 e. The molecule has 2 rings (SSSR count). The molecule has 1 heteroatoms. The second kappa shape index (κ2) is 5.56. The van der Waals surface area contributed by atoms with Crippen LogP contribution in [0.1, 0.15) is 65.7 Å². The Labute approximate surface area is 107 Å². The second-order valence-electron chi connectivity index (χ2n) is 6.61. The molecule has 17 heavy (non-hydrogen) atoms. The highest BCUT2D eigenvalue weighted by Gasteiger charge is 2.50. The number of nitrogens with one attached hydrogen (secondary N) is 1. The molecule has 0 spiro atoms. The summed E-state index contributed by atoms with van der Waals surface area (Å²) in [6, 6.07) is 0.683. The van der Waals surface area contributed by atoms with E-state index in [-0.39, 0.29) is 0 Å². The van der Waals surface area contributed by atoms with Crippen molar-refractivity contribution in [3.8, 4) is 0 Å². The van der Waals surface area contributed by atoms with Crippen LogP contribution in [0.3, 0.4) is 0 Å². The molecule has 0 aromatic carbocycles. The zero-order chi connectivity index (χ0) is 12.3. The lowest BCUT2D eigenvalue weighted by molar-refractivity contribution is 0.434. The van der Waals surface area contributed by atoms with Gasteiger partial charge in [-0.3, -0.25) is 0 Å². The first-order valence-electron chi connectivity index (χ1n) is 7.57. The first-order valence-corrected chi connectivity index (χ1v) is 7.57. The lowest BCUT2D eigenvalue weighted by Crippen LogP contribution is -2.35. The van der Waals surface area contributed by atoms with Gasteiger partial charge >= 0.3 is 0 Å². The fourth-order valence-electron chi connectivity index (χ4n) is 3.23. The van der Waals surface area contributed by atoms with Crippen LogP contribution < -0.4 is 5.32 Å². The molecular weight excluding hydrogens is 206 g/mol. The van der Waals surface area contributed by atoms with E-state index in [0.717, 1.165) is 5.92 Å². The minimum Gasteiger partial charge on any atom is -0.310 e. The van der Waals surface area contributed by atoms with Crippen LogP contribution in [0, 0.1) is 11.3 Å². The third-order valence-corrected chi connectivity index (χ3v) is 4.58. The molecule has 0 radical (unpaired) electrons. The van der Waals surface area contributed by atoms with E-state index in [9.17, 15) is 0 Å². The molecule has 0 aromatic heterocycles. The quantitative estimate of drug-likeness (QED) is 0.701. The summed E-state index contributed by atoms with van der Waals surface area (Å²) in [6.45, 7) is 8.29. The van der Waals surface area contributed by atoms with Crippen LogP contribution in [0.2, 0.25) is 0 Å². The van der Waals surface area contributed by atoms with E-state index in [4.69, 9.17) is 0 Å². The molecule has 0 bridgehead atoms. The molecule has 0 amide bonds. The van der Waals surface area contributed by atoms with Crippen molar-refractivity contribution in [1.82, 2.24) is 5.32 Å². The average molecular weight is 235 g/mol. The van der Waals surface area contributed by atoms with Gasteiger partial charge in [0.15, 0.2) is 0 Å². The molecule has 2 unspecified atom stereocenters. The molecule has 1 fully saturated rings. The van der Waals surface area contributed by atoms with Crippen molar-refractivity contribution in [2.24, 2.45) is 11.3 Å². The Hall–Kier alpha value is -0.300. The van der Waals surface area contributed by atoms with Crippen molar-refractivity contribution in [3.05, 3.63) is 11.6 Å². The Bertz CT molecular complexity index is 277. The smallest absolute Gasteiger partial charge is 0.0313 e. The first kappa shape index (κ1) is 13.1. The van der Waals surface area contributed by atoms with Crippen LogP contribution >= 0.6 is 0 Å². The van der Waals surface area contributed by atoms with Crippen LogP contribution in [0.4, 0.5) is 0 Å². The van der Waals surface area contributed by atoms with Crippen molar-refractivity contribution in [1.29, 1.82) is 0 Å². The van der Waals surface area contributed by atoms with E-state index in [1.165, 1.54) is 51.5 Å². The monoisotopic (exact) mass is 235 g/mol.